The predicted octanol–water partition coefficient (Wildman–Crippen LogP) is 5.79. The lowest BCUT2D eigenvalue weighted by Gasteiger charge is -2.27. The Bertz CT molecular complexity index is 1120. The first-order valence-electron chi connectivity index (χ1n) is 10.8. The van der Waals surface area contributed by atoms with Crippen LogP contribution in [0.3, 0.4) is 0 Å². The Morgan fingerprint density at radius 1 is 1.03 bits per heavy atom. The van der Waals surface area contributed by atoms with Crippen LogP contribution < -0.4 is 19.5 Å². The number of amides is 2. The molecule has 1 aliphatic heterocycles. The van der Waals surface area contributed by atoms with E-state index in [1.807, 2.05) is 35.2 Å². The van der Waals surface area contributed by atoms with Crippen LogP contribution in [-0.4, -0.2) is 31.7 Å². The first-order valence-corrected chi connectivity index (χ1v) is 10.8. The fourth-order valence-electron chi connectivity index (χ4n) is 4.09. The zero-order valence-electron chi connectivity index (χ0n) is 18.7. The van der Waals surface area contributed by atoms with Crippen LogP contribution in [0.25, 0.3) is 0 Å². The Balaban J connectivity index is 1.45. The monoisotopic (exact) mass is 450 g/mol. The third-order valence-corrected chi connectivity index (χ3v) is 5.69. The number of carbonyl (C=O) groups is 1. The van der Waals surface area contributed by atoms with E-state index in [0.717, 1.165) is 35.5 Å². The van der Waals surface area contributed by atoms with Crippen LogP contribution in [0.1, 0.15) is 30.0 Å². The van der Waals surface area contributed by atoms with E-state index in [2.05, 4.69) is 5.32 Å². The number of carbonyl (C=O) groups excluding carboxylic acids is 1. The van der Waals surface area contributed by atoms with Gasteiger partial charge < -0.3 is 24.4 Å². The van der Waals surface area contributed by atoms with E-state index >= 15 is 0 Å². The molecule has 6 nitrogen and oxygen atoms in total. The maximum Gasteiger partial charge on any atom is 0.322 e. The molecular formula is C26H27FN2O4. The molecule has 172 valence electrons. The molecule has 1 heterocycles. The topological polar surface area (TPSA) is 60.0 Å². The Morgan fingerprint density at radius 3 is 2.67 bits per heavy atom. The van der Waals surface area contributed by atoms with Crippen molar-refractivity contribution in [3.63, 3.8) is 0 Å². The van der Waals surface area contributed by atoms with Crippen molar-refractivity contribution < 1.29 is 23.4 Å². The molecule has 2 amide bonds. The van der Waals surface area contributed by atoms with Crippen molar-refractivity contribution in [2.75, 3.05) is 26.1 Å². The number of benzene rings is 3. The second kappa shape index (κ2) is 10.3. The molecule has 33 heavy (non-hydrogen) atoms. The molecule has 0 bridgehead atoms. The summed E-state index contributed by atoms with van der Waals surface area (Å²) < 4.78 is 30.1. The Kier molecular flexibility index (Phi) is 6.98. The van der Waals surface area contributed by atoms with Crippen molar-refractivity contribution in [3.05, 3.63) is 83.7 Å². The van der Waals surface area contributed by atoms with Crippen molar-refractivity contribution in [1.29, 1.82) is 0 Å². The highest BCUT2D eigenvalue weighted by atomic mass is 19.1. The molecule has 0 spiro atoms. The SMILES string of the molecule is COc1ccc(OC)c(C2CCCN2C(=O)Nc2cccc(OCc3cccc(F)c3)c2)c1. The van der Waals surface area contributed by atoms with E-state index in [4.69, 9.17) is 14.2 Å². The number of halogens is 1. The summed E-state index contributed by atoms with van der Waals surface area (Å²) >= 11 is 0. The summed E-state index contributed by atoms with van der Waals surface area (Å²) in [4.78, 5) is 15.0. The van der Waals surface area contributed by atoms with Gasteiger partial charge in [0.05, 0.1) is 20.3 Å². The third-order valence-electron chi connectivity index (χ3n) is 5.69. The molecular weight excluding hydrogens is 423 g/mol. The van der Waals surface area contributed by atoms with Crippen molar-refractivity contribution in [2.45, 2.75) is 25.5 Å². The smallest absolute Gasteiger partial charge is 0.322 e. The van der Waals surface area contributed by atoms with Gasteiger partial charge in [-0.05, 0) is 60.9 Å². The van der Waals surface area contributed by atoms with E-state index in [-0.39, 0.29) is 24.5 Å². The zero-order valence-corrected chi connectivity index (χ0v) is 18.7. The lowest BCUT2D eigenvalue weighted by Crippen LogP contribution is -2.34. The number of likely N-dealkylation sites (tertiary alicyclic amines) is 1. The quantitative estimate of drug-likeness (QED) is 0.495. The predicted molar refractivity (Wildman–Crippen MR) is 124 cm³/mol. The standard InChI is InChI=1S/C26H27FN2O4/c1-31-21-11-12-25(32-2)23(16-21)24-10-5-13-29(24)26(30)28-20-8-4-9-22(15-20)33-17-18-6-3-7-19(27)14-18/h3-4,6-9,11-12,14-16,24H,5,10,13,17H2,1-2H3,(H,28,30). The van der Waals surface area contributed by atoms with E-state index in [1.165, 1.54) is 12.1 Å². The average molecular weight is 451 g/mol. The minimum absolute atomic E-state index is 0.109. The number of hydrogen-bond donors (Lipinski definition) is 1. The van der Waals surface area contributed by atoms with Gasteiger partial charge in [-0.15, -0.1) is 0 Å². The highest BCUT2D eigenvalue weighted by Gasteiger charge is 2.32. The molecule has 4 rings (SSSR count). The number of nitrogens with zero attached hydrogens (tertiary/aromatic N) is 1. The fraction of sp³-hybridized carbons (Fsp3) is 0.269. The molecule has 1 saturated heterocycles. The molecule has 0 radical (unpaired) electrons. The summed E-state index contributed by atoms with van der Waals surface area (Å²) in [5.41, 5.74) is 2.29. The summed E-state index contributed by atoms with van der Waals surface area (Å²) in [7, 11) is 3.24. The number of rotatable bonds is 7. The Morgan fingerprint density at radius 2 is 1.88 bits per heavy atom. The fourth-order valence-corrected chi connectivity index (χ4v) is 4.09. The summed E-state index contributed by atoms with van der Waals surface area (Å²) in [6.45, 7) is 0.881. The van der Waals surface area contributed by atoms with Gasteiger partial charge in [0.15, 0.2) is 0 Å². The van der Waals surface area contributed by atoms with Crippen LogP contribution in [0.15, 0.2) is 66.7 Å². The van der Waals surface area contributed by atoms with Gasteiger partial charge in [-0.1, -0.05) is 18.2 Å². The average Bonchev–Trinajstić information content (AvgIpc) is 3.33. The summed E-state index contributed by atoms with van der Waals surface area (Å²) in [5.74, 6) is 1.74. The van der Waals surface area contributed by atoms with Gasteiger partial charge in [-0.3, -0.25) is 0 Å². The van der Waals surface area contributed by atoms with Crippen LogP contribution in [0.4, 0.5) is 14.9 Å². The van der Waals surface area contributed by atoms with Gasteiger partial charge in [-0.25, -0.2) is 9.18 Å². The number of methoxy groups -OCH3 is 2. The lowest BCUT2D eigenvalue weighted by atomic mass is 10.0. The van der Waals surface area contributed by atoms with Crippen LogP contribution >= 0.6 is 0 Å². The minimum Gasteiger partial charge on any atom is -0.497 e. The number of ether oxygens (including phenoxy) is 3. The van der Waals surface area contributed by atoms with E-state index in [9.17, 15) is 9.18 Å². The largest absolute Gasteiger partial charge is 0.497 e. The van der Waals surface area contributed by atoms with Crippen LogP contribution in [0.5, 0.6) is 17.2 Å². The van der Waals surface area contributed by atoms with Crippen molar-refractivity contribution in [2.24, 2.45) is 0 Å². The van der Waals surface area contributed by atoms with Crippen molar-refractivity contribution in [1.82, 2.24) is 4.90 Å². The molecule has 1 fully saturated rings. The third kappa shape index (κ3) is 5.37. The number of hydrogen-bond acceptors (Lipinski definition) is 4. The van der Waals surface area contributed by atoms with Gasteiger partial charge in [-0.2, -0.15) is 0 Å². The van der Waals surface area contributed by atoms with Crippen LogP contribution in [-0.2, 0) is 6.61 Å². The molecule has 0 aliphatic carbocycles. The highest BCUT2D eigenvalue weighted by molar-refractivity contribution is 5.90. The maximum atomic E-state index is 13.4. The zero-order chi connectivity index (χ0) is 23.2. The van der Waals surface area contributed by atoms with Gasteiger partial charge >= 0.3 is 6.03 Å². The van der Waals surface area contributed by atoms with E-state index < -0.39 is 0 Å². The molecule has 3 aromatic carbocycles. The molecule has 1 atom stereocenters. The van der Waals surface area contributed by atoms with Crippen LogP contribution in [0.2, 0.25) is 0 Å². The van der Waals surface area contributed by atoms with Crippen LogP contribution in [0, 0.1) is 5.82 Å². The maximum absolute atomic E-state index is 13.4. The first-order chi connectivity index (χ1) is 16.1. The molecule has 0 saturated carbocycles. The first kappa shape index (κ1) is 22.5. The van der Waals surface area contributed by atoms with Gasteiger partial charge in [0.2, 0.25) is 0 Å². The molecule has 1 unspecified atom stereocenters. The Hall–Kier alpha value is -3.74. The van der Waals surface area contributed by atoms with E-state index in [1.54, 1.807) is 38.5 Å². The molecule has 1 aliphatic rings. The summed E-state index contributed by atoms with van der Waals surface area (Å²) in [6, 6.07) is 18.8. The molecule has 3 aromatic rings. The van der Waals surface area contributed by atoms with Crippen molar-refractivity contribution in [3.8, 4) is 17.2 Å². The second-order valence-electron chi connectivity index (χ2n) is 7.84. The number of anilines is 1. The number of urea groups is 1. The van der Waals surface area contributed by atoms with Gasteiger partial charge in [0, 0.05) is 23.9 Å². The second-order valence-corrected chi connectivity index (χ2v) is 7.84. The molecule has 0 aromatic heterocycles. The Labute approximate surface area is 192 Å². The summed E-state index contributed by atoms with van der Waals surface area (Å²) in [6.07, 6.45) is 1.74. The van der Waals surface area contributed by atoms with Gasteiger partial charge in [0.25, 0.3) is 0 Å². The summed E-state index contributed by atoms with van der Waals surface area (Å²) in [5, 5.41) is 2.97. The normalized spacial score (nSPS) is 15.2. The highest BCUT2D eigenvalue weighted by Crippen LogP contribution is 2.39. The van der Waals surface area contributed by atoms with Gasteiger partial charge in [0.1, 0.15) is 29.7 Å². The minimum atomic E-state index is -0.301. The lowest BCUT2D eigenvalue weighted by molar-refractivity contribution is 0.206. The molecule has 7 heteroatoms. The van der Waals surface area contributed by atoms with E-state index in [0.29, 0.717) is 18.0 Å². The van der Waals surface area contributed by atoms with Crippen molar-refractivity contribution >= 4 is 11.7 Å². The molecule has 1 N–H and O–H groups in total. The number of nitrogens with one attached hydrogen (secondary N) is 1.